The van der Waals surface area contributed by atoms with E-state index in [0.29, 0.717) is 23.0 Å². The highest BCUT2D eigenvalue weighted by Crippen LogP contribution is 2.63. The molecule has 0 unspecified atom stereocenters. The Morgan fingerprint density at radius 1 is 1.32 bits per heavy atom. The van der Waals surface area contributed by atoms with Gasteiger partial charge in [0.2, 0.25) is 0 Å². The lowest BCUT2D eigenvalue weighted by Crippen LogP contribution is -2.35. The van der Waals surface area contributed by atoms with Gasteiger partial charge in [0.25, 0.3) is 0 Å². The summed E-state index contributed by atoms with van der Waals surface area (Å²) in [6, 6.07) is 0. The molecular weight excluding hydrogens is 232 g/mol. The summed E-state index contributed by atoms with van der Waals surface area (Å²) in [7, 11) is 0. The van der Waals surface area contributed by atoms with Gasteiger partial charge in [0.05, 0.1) is 0 Å². The van der Waals surface area contributed by atoms with Crippen molar-refractivity contribution < 1.29 is 4.79 Å². The average molecular weight is 258 g/mol. The zero-order valence-corrected chi connectivity index (χ0v) is 12.6. The average Bonchev–Trinajstić information content (AvgIpc) is 2.71. The number of carbonyl (C=O) groups excluding carboxylic acids is 1. The third-order valence-corrected chi connectivity index (χ3v) is 6.42. The molecule has 2 saturated carbocycles. The van der Waals surface area contributed by atoms with Crippen molar-refractivity contribution in [1.29, 1.82) is 0 Å². The number of rotatable bonds is 0. The van der Waals surface area contributed by atoms with Gasteiger partial charge < -0.3 is 0 Å². The molecule has 104 valence electrons. The Morgan fingerprint density at radius 2 is 2.05 bits per heavy atom. The molecule has 3 atom stereocenters. The Bertz CT molecular complexity index is 468. The van der Waals surface area contributed by atoms with Gasteiger partial charge in [-0.3, -0.25) is 4.79 Å². The Morgan fingerprint density at radius 3 is 2.74 bits per heavy atom. The Hall–Kier alpha value is -0.850. The molecule has 3 aliphatic carbocycles. The van der Waals surface area contributed by atoms with Gasteiger partial charge in [0.15, 0.2) is 5.78 Å². The van der Waals surface area contributed by atoms with Crippen molar-refractivity contribution >= 4 is 5.78 Å². The molecule has 3 aliphatic rings. The maximum Gasteiger partial charge on any atom is 0.161 e. The first-order valence-electron chi connectivity index (χ1n) is 7.79. The van der Waals surface area contributed by atoms with Crippen LogP contribution in [0.1, 0.15) is 59.3 Å². The summed E-state index contributed by atoms with van der Waals surface area (Å²) in [5.41, 5.74) is 2.93. The van der Waals surface area contributed by atoms with Crippen LogP contribution in [0.25, 0.3) is 0 Å². The van der Waals surface area contributed by atoms with Crippen molar-refractivity contribution in [3.8, 4) is 0 Å². The van der Waals surface area contributed by atoms with E-state index in [1.54, 1.807) is 0 Å². The van der Waals surface area contributed by atoms with Crippen LogP contribution in [-0.2, 0) is 4.79 Å². The van der Waals surface area contributed by atoms with Crippen LogP contribution >= 0.6 is 0 Å². The number of fused-ring (bicyclic) bond motifs is 3. The monoisotopic (exact) mass is 258 g/mol. The molecule has 0 radical (unpaired) electrons. The van der Waals surface area contributed by atoms with E-state index in [9.17, 15) is 4.79 Å². The highest BCUT2D eigenvalue weighted by molar-refractivity contribution is 5.95. The second-order valence-corrected chi connectivity index (χ2v) is 7.63. The zero-order valence-electron chi connectivity index (χ0n) is 12.6. The van der Waals surface area contributed by atoms with Crippen molar-refractivity contribution in [3.05, 3.63) is 23.8 Å². The standard InChI is InChI=1S/C18H26O/c1-12-9-16(19)17(3,4)14-10-15(12)18(11-14)8-6-5-7-13(18)2/h9,14-15H,2,5-8,10-11H2,1,3-4H3/t14-,15+,18+/m0/s1. The zero-order chi connectivity index (χ0) is 13.8. The van der Waals surface area contributed by atoms with E-state index in [0.717, 1.165) is 0 Å². The van der Waals surface area contributed by atoms with Crippen LogP contribution in [0.3, 0.4) is 0 Å². The summed E-state index contributed by atoms with van der Waals surface area (Å²) >= 11 is 0. The SMILES string of the molecule is C=C1CCCC[C@@]12C[C@@H]1C[C@@H]2C(C)=CC(=O)C1(C)C. The summed E-state index contributed by atoms with van der Waals surface area (Å²) in [6.07, 6.45) is 9.48. The predicted molar refractivity (Wildman–Crippen MR) is 78.8 cm³/mol. The number of hydrogen-bond donors (Lipinski definition) is 0. The lowest BCUT2D eigenvalue weighted by molar-refractivity contribution is -0.124. The summed E-state index contributed by atoms with van der Waals surface area (Å²) in [5, 5.41) is 0. The van der Waals surface area contributed by atoms with Crippen molar-refractivity contribution in [2.75, 3.05) is 0 Å². The van der Waals surface area contributed by atoms with E-state index < -0.39 is 0 Å². The van der Waals surface area contributed by atoms with Crippen LogP contribution in [0.5, 0.6) is 0 Å². The molecule has 0 N–H and O–H groups in total. The molecular formula is C18H26O. The highest BCUT2D eigenvalue weighted by atomic mass is 16.1. The van der Waals surface area contributed by atoms with Gasteiger partial charge in [-0.05, 0) is 62.4 Å². The van der Waals surface area contributed by atoms with Crippen molar-refractivity contribution in [1.82, 2.24) is 0 Å². The van der Waals surface area contributed by atoms with Crippen LogP contribution in [0.4, 0.5) is 0 Å². The lowest BCUT2D eigenvalue weighted by atomic mass is 9.61. The second-order valence-electron chi connectivity index (χ2n) is 7.63. The minimum absolute atomic E-state index is 0.183. The van der Waals surface area contributed by atoms with Crippen LogP contribution in [0, 0.1) is 22.7 Å². The van der Waals surface area contributed by atoms with Crippen molar-refractivity contribution in [2.24, 2.45) is 22.7 Å². The number of hydrogen-bond acceptors (Lipinski definition) is 1. The van der Waals surface area contributed by atoms with E-state index in [1.165, 1.54) is 49.7 Å². The predicted octanol–water partition coefficient (Wildman–Crippen LogP) is 4.68. The topological polar surface area (TPSA) is 17.1 Å². The van der Waals surface area contributed by atoms with E-state index in [-0.39, 0.29) is 5.41 Å². The van der Waals surface area contributed by atoms with E-state index >= 15 is 0 Å². The Kier molecular flexibility index (Phi) is 2.82. The normalized spacial score (nSPS) is 41.3. The number of ketones is 1. The first kappa shape index (κ1) is 13.1. The van der Waals surface area contributed by atoms with Crippen molar-refractivity contribution in [2.45, 2.75) is 59.3 Å². The first-order valence-corrected chi connectivity index (χ1v) is 7.79. The molecule has 0 heterocycles. The number of carbonyl (C=O) groups is 1. The maximum atomic E-state index is 12.4. The molecule has 0 saturated heterocycles. The largest absolute Gasteiger partial charge is 0.294 e. The van der Waals surface area contributed by atoms with Crippen LogP contribution in [0.2, 0.25) is 0 Å². The molecule has 2 bridgehead atoms. The van der Waals surface area contributed by atoms with E-state index in [4.69, 9.17) is 0 Å². The molecule has 0 aromatic heterocycles. The summed E-state index contributed by atoms with van der Waals surface area (Å²) in [5.74, 6) is 1.46. The molecule has 0 amide bonds. The van der Waals surface area contributed by atoms with E-state index in [2.05, 4.69) is 27.4 Å². The molecule has 19 heavy (non-hydrogen) atoms. The minimum atomic E-state index is -0.183. The Balaban J connectivity index is 2.07. The smallest absolute Gasteiger partial charge is 0.161 e. The summed E-state index contributed by atoms with van der Waals surface area (Å²) in [4.78, 5) is 12.4. The second kappa shape index (κ2) is 4.07. The molecule has 3 rings (SSSR count). The van der Waals surface area contributed by atoms with Gasteiger partial charge >= 0.3 is 0 Å². The fourth-order valence-corrected chi connectivity index (χ4v) is 4.91. The first-order chi connectivity index (χ1) is 8.88. The molecule has 1 heteroatoms. The van der Waals surface area contributed by atoms with Crippen LogP contribution < -0.4 is 0 Å². The maximum absolute atomic E-state index is 12.4. The highest BCUT2D eigenvalue weighted by Gasteiger charge is 2.55. The minimum Gasteiger partial charge on any atom is -0.294 e. The summed E-state index contributed by atoms with van der Waals surface area (Å²) in [6.45, 7) is 10.9. The third-order valence-electron chi connectivity index (χ3n) is 6.42. The quantitative estimate of drug-likeness (QED) is 0.576. The van der Waals surface area contributed by atoms with Gasteiger partial charge in [0.1, 0.15) is 0 Å². The van der Waals surface area contributed by atoms with Gasteiger partial charge in [-0.25, -0.2) is 0 Å². The molecule has 1 nitrogen and oxygen atoms in total. The summed E-state index contributed by atoms with van der Waals surface area (Å²) < 4.78 is 0. The fourth-order valence-electron chi connectivity index (χ4n) is 4.91. The van der Waals surface area contributed by atoms with E-state index in [1.807, 2.05) is 6.08 Å². The molecule has 0 aromatic rings. The molecule has 0 aliphatic heterocycles. The van der Waals surface area contributed by atoms with Crippen LogP contribution in [-0.4, -0.2) is 5.78 Å². The molecule has 1 spiro atoms. The third kappa shape index (κ3) is 1.70. The van der Waals surface area contributed by atoms with Crippen LogP contribution in [0.15, 0.2) is 23.8 Å². The fraction of sp³-hybridized carbons (Fsp3) is 0.722. The molecule has 2 fully saturated rings. The van der Waals surface area contributed by atoms with Gasteiger partial charge in [-0.15, -0.1) is 0 Å². The lowest BCUT2D eigenvalue weighted by Gasteiger charge is -2.43. The number of allylic oxidation sites excluding steroid dienone is 3. The van der Waals surface area contributed by atoms with Gasteiger partial charge in [0, 0.05) is 5.41 Å². The van der Waals surface area contributed by atoms with Gasteiger partial charge in [-0.2, -0.15) is 0 Å². The van der Waals surface area contributed by atoms with Gasteiger partial charge in [-0.1, -0.05) is 38.0 Å². The Labute approximate surface area is 117 Å². The molecule has 0 aromatic carbocycles. The van der Waals surface area contributed by atoms with Crippen molar-refractivity contribution in [3.63, 3.8) is 0 Å².